The van der Waals surface area contributed by atoms with E-state index in [1.165, 1.54) is 0 Å². The van der Waals surface area contributed by atoms with Crippen LogP contribution < -0.4 is 5.11 Å². The van der Waals surface area contributed by atoms with E-state index in [0.29, 0.717) is 0 Å². The summed E-state index contributed by atoms with van der Waals surface area (Å²) in [5.74, 6) is 0. The molecular formula is CH2N4O5-2. The zero-order valence-electron chi connectivity index (χ0n) is 4.45. The monoisotopic (exact) mass is 150 g/mol. The number of nitroso groups, excluding NO2 is 1. The molecule has 0 fully saturated rings. The highest BCUT2D eigenvalue weighted by Gasteiger charge is 2.10. The standard InChI is InChI=1S/CH3N4O5/c6-1(4(9)2-7)5(10)3-8/h1,7,10H/q-1/p-1/b4-2-. The molecule has 1 atom stereocenters. The Kier molecular flexibility index (Phi) is 3.01. The van der Waals surface area contributed by atoms with Crippen molar-refractivity contribution in [2.45, 2.75) is 6.35 Å². The lowest BCUT2D eigenvalue weighted by atomic mass is 11.0. The molecule has 1 N–H and O–H groups in total. The summed E-state index contributed by atoms with van der Waals surface area (Å²) in [6.07, 6.45) is -2.64. The Labute approximate surface area is 53.9 Å². The van der Waals surface area contributed by atoms with Gasteiger partial charge in [-0.05, 0) is 5.28 Å². The molecule has 9 heteroatoms. The average Bonchev–Trinajstić information content (AvgIpc) is 2.00. The summed E-state index contributed by atoms with van der Waals surface area (Å²) < 4.78 is 0. The molecule has 0 saturated heterocycles. The molecule has 0 aliphatic carbocycles. The van der Waals surface area contributed by atoms with Crippen LogP contribution in [0.4, 0.5) is 0 Å². The van der Waals surface area contributed by atoms with Crippen molar-refractivity contribution in [2.24, 2.45) is 10.6 Å². The van der Waals surface area contributed by atoms with E-state index in [0.717, 1.165) is 0 Å². The average molecular weight is 150 g/mol. The smallest absolute Gasteiger partial charge is 0.251 e. The van der Waals surface area contributed by atoms with Crippen molar-refractivity contribution < 1.29 is 15.2 Å². The molecule has 58 valence electrons. The number of rotatable bonds is 3. The van der Waals surface area contributed by atoms with E-state index in [-0.39, 0.29) is 0 Å². The van der Waals surface area contributed by atoms with Gasteiger partial charge in [-0.25, -0.2) is 0 Å². The number of hydrogen-bond donors (Lipinski definition) is 1. The first-order valence-corrected chi connectivity index (χ1v) is 1.90. The third-order valence-corrected chi connectivity index (χ3v) is 0.551. The zero-order chi connectivity index (χ0) is 8.15. The fraction of sp³-hybridized carbons (Fsp3) is 1.00. The van der Waals surface area contributed by atoms with Crippen LogP contribution >= 0.6 is 0 Å². The molecule has 0 rings (SSSR count). The van der Waals surface area contributed by atoms with E-state index in [4.69, 9.17) is 5.21 Å². The van der Waals surface area contributed by atoms with E-state index >= 15 is 0 Å². The summed E-state index contributed by atoms with van der Waals surface area (Å²) in [5, 5.41) is 39.7. The van der Waals surface area contributed by atoms with Crippen LogP contribution in [0.1, 0.15) is 0 Å². The fourth-order valence-electron chi connectivity index (χ4n) is 0.169. The van der Waals surface area contributed by atoms with Gasteiger partial charge < -0.3 is 15.5 Å². The molecule has 0 aromatic rings. The van der Waals surface area contributed by atoms with E-state index < -0.39 is 16.4 Å². The van der Waals surface area contributed by atoms with Gasteiger partial charge in [0.1, 0.15) is 0 Å². The van der Waals surface area contributed by atoms with E-state index in [1.807, 2.05) is 0 Å². The molecule has 9 nitrogen and oxygen atoms in total. The largest absolute Gasteiger partial charge is 0.774 e. The van der Waals surface area contributed by atoms with Gasteiger partial charge in [-0.3, -0.25) is 5.21 Å². The maximum absolute atomic E-state index is 10.1. The molecule has 0 amide bonds. The molecule has 0 aliphatic rings. The Morgan fingerprint density at radius 3 is 2.50 bits per heavy atom. The number of hydrogen-bond acceptors (Lipinski definition) is 7. The molecule has 0 spiro atoms. The maximum Gasteiger partial charge on any atom is 0.251 e. The molecule has 0 heterocycles. The van der Waals surface area contributed by atoms with Crippen molar-refractivity contribution >= 4 is 0 Å². The van der Waals surface area contributed by atoms with Crippen molar-refractivity contribution in [3.63, 3.8) is 0 Å². The Balaban J connectivity index is 4.06. The van der Waals surface area contributed by atoms with Crippen LogP contribution in [0.15, 0.2) is 10.6 Å². The number of nitrogens with zero attached hydrogens (tertiary/aromatic N) is 4. The summed E-state index contributed by atoms with van der Waals surface area (Å²) in [6.45, 7) is 0. The highest BCUT2D eigenvalue weighted by atomic mass is 16.7. The van der Waals surface area contributed by atoms with Crippen molar-refractivity contribution in [1.82, 2.24) is 5.17 Å². The summed E-state index contributed by atoms with van der Waals surface area (Å²) >= 11 is 0. The predicted molar refractivity (Wildman–Crippen MR) is 22.6 cm³/mol. The normalized spacial score (nSPS) is 14.4. The van der Waals surface area contributed by atoms with Gasteiger partial charge in [-0.2, -0.15) is 0 Å². The molecule has 0 bridgehead atoms. The third kappa shape index (κ3) is 1.80. The van der Waals surface area contributed by atoms with Crippen molar-refractivity contribution in [3.05, 3.63) is 15.3 Å². The Morgan fingerprint density at radius 2 is 2.20 bits per heavy atom. The van der Waals surface area contributed by atoms with Gasteiger partial charge in [0, 0.05) is 0 Å². The lowest BCUT2D eigenvalue weighted by Crippen LogP contribution is -2.45. The second kappa shape index (κ2) is 3.53. The van der Waals surface area contributed by atoms with Crippen molar-refractivity contribution in [1.29, 1.82) is 0 Å². The molecule has 0 saturated carbocycles. The van der Waals surface area contributed by atoms with Gasteiger partial charge in [-0.1, -0.05) is 10.0 Å². The Hall–Kier alpha value is -1.48. The SMILES string of the molecule is O=NN(O)C([O-])/[N+]([O-])=N/[O-]. The highest BCUT2D eigenvalue weighted by molar-refractivity contribution is 4.24. The first-order valence-electron chi connectivity index (χ1n) is 1.90. The first-order chi connectivity index (χ1) is 4.63. The third-order valence-electron chi connectivity index (χ3n) is 0.551. The minimum Gasteiger partial charge on any atom is -0.774 e. The summed E-state index contributed by atoms with van der Waals surface area (Å²) in [5.41, 5.74) is 0. The van der Waals surface area contributed by atoms with Crippen LogP contribution in [0.3, 0.4) is 0 Å². The Morgan fingerprint density at radius 1 is 1.70 bits per heavy atom. The molecule has 1 unspecified atom stereocenters. The van der Waals surface area contributed by atoms with E-state index in [2.05, 4.69) is 0 Å². The predicted octanol–water partition coefficient (Wildman–Crippen LogP) is -1.54. The van der Waals surface area contributed by atoms with Crippen LogP contribution in [0.25, 0.3) is 0 Å². The molecule has 10 heavy (non-hydrogen) atoms. The number of hydroxylamine groups is 2. The van der Waals surface area contributed by atoms with Gasteiger partial charge in [0.2, 0.25) is 0 Å². The van der Waals surface area contributed by atoms with E-state index in [9.17, 15) is 20.4 Å². The highest BCUT2D eigenvalue weighted by Crippen LogP contribution is 1.89. The van der Waals surface area contributed by atoms with Gasteiger partial charge in [0.05, 0.1) is 5.29 Å². The van der Waals surface area contributed by atoms with Crippen LogP contribution in [0.2, 0.25) is 0 Å². The molecule has 0 radical (unpaired) electrons. The molecule has 0 aliphatic heterocycles. The quantitative estimate of drug-likeness (QED) is 0.170. The van der Waals surface area contributed by atoms with Gasteiger partial charge in [-0.15, -0.1) is 4.91 Å². The van der Waals surface area contributed by atoms with Gasteiger partial charge in [0.15, 0.2) is 0 Å². The topological polar surface area (TPSA) is 137 Å². The maximum atomic E-state index is 10.1. The van der Waals surface area contributed by atoms with Crippen LogP contribution in [-0.4, -0.2) is 21.6 Å². The molecular weight excluding hydrogens is 148 g/mol. The molecule has 0 aromatic heterocycles. The minimum absolute atomic E-state index is 0.769. The van der Waals surface area contributed by atoms with Crippen LogP contribution in [0, 0.1) is 15.3 Å². The second-order valence-electron chi connectivity index (χ2n) is 1.11. The fourth-order valence-corrected chi connectivity index (χ4v) is 0.169. The Bertz CT molecular complexity index is 145. The minimum atomic E-state index is -2.64. The van der Waals surface area contributed by atoms with Crippen molar-refractivity contribution in [3.8, 4) is 0 Å². The van der Waals surface area contributed by atoms with Crippen molar-refractivity contribution in [2.75, 3.05) is 0 Å². The first kappa shape index (κ1) is 8.52. The van der Waals surface area contributed by atoms with Gasteiger partial charge >= 0.3 is 0 Å². The second-order valence-corrected chi connectivity index (χ2v) is 1.11. The lowest BCUT2D eigenvalue weighted by Gasteiger charge is -2.20. The summed E-state index contributed by atoms with van der Waals surface area (Å²) in [6, 6.07) is 0. The lowest BCUT2D eigenvalue weighted by molar-refractivity contribution is -0.772. The van der Waals surface area contributed by atoms with E-state index in [1.54, 1.807) is 10.6 Å². The summed E-state index contributed by atoms with van der Waals surface area (Å²) in [4.78, 5) is 8.33. The zero-order valence-corrected chi connectivity index (χ0v) is 4.45. The van der Waals surface area contributed by atoms with Gasteiger partial charge in [0.25, 0.3) is 6.35 Å². The van der Waals surface area contributed by atoms with Crippen LogP contribution in [-0.2, 0) is 0 Å². The van der Waals surface area contributed by atoms with Crippen LogP contribution in [0.5, 0.6) is 0 Å². The summed E-state index contributed by atoms with van der Waals surface area (Å²) in [7, 11) is 0. The molecule has 0 aromatic carbocycles.